The first-order chi connectivity index (χ1) is 6.99. The second kappa shape index (κ2) is 5.09. The molecule has 0 spiro atoms. The molecule has 0 saturated carbocycles. The van der Waals surface area contributed by atoms with E-state index in [1.165, 1.54) is 12.1 Å². The third-order valence-corrected chi connectivity index (χ3v) is 2.04. The first-order valence-electron chi connectivity index (χ1n) is 4.06. The first kappa shape index (κ1) is 11.9. The third kappa shape index (κ3) is 3.85. The van der Waals surface area contributed by atoms with E-state index in [4.69, 9.17) is 15.6 Å². The van der Waals surface area contributed by atoms with Crippen LogP contribution in [0.5, 0.6) is 5.75 Å². The van der Waals surface area contributed by atoms with Gasteiger partial charge in [-0.1, -0.05) is 15.9 Å². The molecule has 3 N–H and O–H groups in total. The average molecular weight is 278 g/mol. The summed E-state index contributed by atoms with van der Waals surface area (Å²) in [5, 5.41) is 8.48. The highest BCUT2D eigenvalue weighted by atomic mass is 79.9. The number of carbonyl (C=O) groups is 1. The number of hydrogen-bond donors (Lipinski definition) is 2. The second-order valence-corrected chi connectivity index (χ2v) is 3.78. The van der Waals surface area contributed by atoms with E-state index < -0.39 is 17.8 Å². The molecule has 0 aliphatic heterocycles. The summed E-state index contributed by atoms with van der Waals surface area (Å²) >= 11 is 3.08. The topological polar surface area (TPSA) is 72.5 Å². The molecular formula is C9H9BrFNO3. The van der Waals surface area contributed by atoms with Gasteiger partial charge in [0.15, 0.2) is 0 Å². The van der Waals surface area contributed by atoms with Crippen LogP contribution in [0.1, 0.15) is 0 Å². The van der Waals surface area contributed by atoms with E-state index in [0.29, 0.717) is 4.47 Å². The van der Waals surface area contributed by atoms with Gasteiger partial charge in [-0.05, 0) is 12.1 Å². The van der Waals surface area contributed by atoms with Gasteiger partial charge in [0.25, 0.3) is 0 Å². The van der Waals surface area contributed by atoms with Crippen molar-refractivity contribution in [2.24, 2.45) is 5.73 Å². The second-order valence-electron chi connectivity index (χ2n) is 2.86. The molecule has 0 amide bonds. The molecule has 0 heterocycles. The molecule has 1 aromatic carbocycles. The minimum absolute atomic E-state index is 0.203. The molecule has 82 valence electrons. The SMILES string of the molecule is N[C@@H](COc1cc(F)cc(Br)c1)C(=O)O. The van der Waals surface area contributed by atoms with E-state index in [-0.39, 0.29) is 12.4 Å². The molecular weight excluding hydrogens is 269 g/mol. The number of benzene rings is 1. The molecule has 0 radical (unpaired) electrons. The van der Waals surface area contributed by atoms with Crippen molar-refractivity contribution in [3.8, 4) is 5.75 Å². The number of hydrogen-bond acceptors (Lipinski definition) is 3. The number of carboxylic acids is 1. The van der Waals surface area contributed by atoms with Crippen molar-refractivity contribution in [3.05, 3.63) is 28.5 Å². The van der Waals surface area contributed by atoms with E-state index >= 15 is 0 Å². The molecule has 6 heteroatoms. The molecule has 1 rings (SSSR count). The molecule has 0 saturated heterocycles. The minimum Gasteiger partial charge on any atom is -0.491 e. The van der Waals surface area contributed by atoms with Gasteiger partial charge < -0.3 is 15.6 Å². The van der Waals surface area contributed by atoms with Crippen LogP contribution in [0.25, 0.3) is 0 Å². The van der Waals surface area contributed by atoms with Gasteiger partial charge in [-0.3, -0.25) is 4.79 Å². The van der Waals surface area contributed by atoms with Crippen LogP contribution in [-0.4, -0.2) is 23.7 Å². The predicted molar refractivity (Wildman–Crippen MR) is 55.2 cm³/mol. The lowest BCUT2D eigenvalue weighted by atomic mass is 10.3. The van der Waals surface area contributed by atoms with E-state index in [0.717, 1.165) is 6.07 Å². The van der Waals surface area contributed by atoms with Gasteiger partial charge in [0.05, 0.1) is 0 Å². The Morgan fingerprint density at radius 1 is 1.60 bits per heavy atom. The fraction of sp³-hybridized carbons (Fsp3) is 0.222. The first-order valence-corrected chi connectivity index (χ1v) is 4.85. The molecule has 1 atom stereocenters. The van der Waals surface area contributed by atoms with Crippen molar-refractivity contribution in [2.45, 2.75) is 6.04 Å². The zero-order chi connectivity index (χ0) is 11.4. The van der Waals surface area contributed by atoms with Crippen LogP contribution in [0.3, 0.4) is 0 Å². The lowest BCUT2D eigenvalue weighted by Crippen LogP contribution is -2.36. The predicted octanol–water partition coefficient (Wildman–Crippen LogP) is 1.38. The van der Waals surface area contributed by atoms with Gasteiger partial charge in [-0.2, -0.15) is 0 Å². The number of ether oxygens (including phenoxy) is 1. The van der Waals surface area contributed by atoms with Crippen molar-refractivity contribution >= 4 is 21.9 Å². The van der Waals surface area contributed by atoms with Gasteiger partial charge in [-0.25, -0.2) is 4.39 Å². The molecule has 1 aromatic rings. The Labute approximate surface area is 94.0 Å². The largest absolute Gasteiger partial charge is 0.491 e. The fourth-order valence-corrected chi connectivity index (χ4v) is 1.31. The van der Waals surface area contributed by atoms with Gasteiger partial charge in [-0.15, -0.1) is 0 Å². The number of halogens is 2. The van der Waals surface area contributed by atoms with Crippen LogP contribution in [0.2, 0.25) is 0 Å². The summed E-state index contributed by atoms with van der Waals surface area (Å²) in [6, 6.07) is 2.83. The summed E-state index contributed by atoms with van der Waals surface area (Å²) in [5.41, 5.74) is 5.21. The van der Waals surface area contributed by atoms with Gasteiger partial charge in [0, 0.05) is 10.5 Å². The zero-order valence-electron chi connectivity index (χ0n) is 7.61. The zero-order valence-corrected chi connectivity index (χ0v) is 9.20. The Bertz CT molecular complexity index is 352. The van der Waals surface area contributed by atoms with Crippen molar-refractivity contribution < 1.29 is 19.0 Å². The maximum absolute atomic E-state index is 12.9. The number of rotatable bonds is 4. The van der Waals surface area contributed by atoms with E-state index in [9.17, 15) is 9.18 Å². The quantitative estimate of drug-likeness (QED) is 0.872. The molecule has 0 aromatic heterocycles. The van der Waals surface area contributed by atoms with E-state index in [1.807, 2.05) is 0 Å². The van der Waals surface area contributed by atoms with Crippen LogP contribution >= 0.6 is 15.9 Å². The molecule has 4 nitrogen and oxygen atoms in total. The van der Waals surface area contributed by atoms with Crippen LogP contribution in [-0.2, 0) is 4.79 Å². The summed E-state index contributed by atoms with van der Waals surface area (Å²) < 4.78 is 18.4. The van der Waals surface area contributed by atoms with E-state index in [2.05, 4.69) is 15.9 Å². The number of nitrogens with two attached hydrogens (primary N) is 1. The van der Waals surface area contributed by atoms with Gasteiger partial charge >= 0.3 is 5.97 Å². The van der Waals surface area contributed by atoms with Crippen LogP contribution in [0, 0.1) is 5.82 Å². The Balaban J connectivity index is 2.61. The van der Waals surface area contributed by atoms with Crippen molar-refractivity contribution in [1.82, 2.24) is 0 Å². The monoisotopic (exact) mass is 277 g/mol. The summed E-state index contributed by atoms with van der Waals surface area (Å²) in [5.74, 6) is -1.40. The van der Waals surface area contributed by atoms with Crippen molar-refractivity contribution in [3.63, 3.8) is 0 Å². The summed E-state index contributed by atoms with van der Waals surface area (Å²) in [6.45, 7) is -0.203. The summed E-state index contributed by atoms with van der Waals surface area (Å²) in [4.78, 5) is 10.4. The maximum Gasteiger partial charge on any atom is 0.324 e. The van der Waals surface area contributed by atoms with Gasteiger partial charge in [0.1, 0.15) is 24.2 Å². The molecule has 0 fully saturated rings. The molecule has 0 aliphatic rings. The third-order valence-electron chi connectivity index (χ3n) is 1.58. The molecule has 0 unspecified atom stereocenters. The van der Waals surface area contributed by atoms with Crippen LogP contribution in [0.4, 0.5) is 4.39 Å². The smallest absolute Gasteiger partial charge is 0.324 e. The van der Waals surface area contributed by atoms with Crippen LogP contribution < -0.4 is 10.5 Å². The van der Waals surface area contributed by atoms with Gasteiger partial charge in [0.2, 0.25) is 0 Å². The average Bonchev–Trinajstić information content (AvgIpc) is 2.12. The Hall–Kier alpha value is -1.14. The Kier molecular flexibility index (Phi) is 4.05. The Morgan fingerprint density at radius 3 is 2.80 bits per heavy atom. The van der Waals surface area contributed by atoms with E-state index in [1.54, 1.807) is 0 Å². The van der Waals surface area contributed by atoms with Crippen molar-refractivity contribution in [2.75, 3.05) is 6.61 Å². The van der Waals surface area contributed by atoms with Crippen molar-refractivity contribution in [1.29, 1.82) is 0 Å². The molecule has 15 heavy (non-hydrogen) atoms. The lowest BCUT2D eigenvalue weighted by molar-refractivity contribution is -0.139. The minimum atomic E-state index is -1.16. The highest BCUT2D eigenvalue weighted by molar-refractivity contribution is 9.10. The lowest BCUT2D eigenvalue weighted by Gasteiger charge is -2.09. The Morgan fingerprint density at radius 2 is 2.27 bits per heavy atom. The maximum atomic E-state index is 12.9. The molecule has 0 aliphatic carbocycles. The number of carboxylic acid groups (broad SMARTS) is 1. The number of aliphatic carboxylic acids is 1. The summed E-state index contributed by atoms with van der Waals surface area (Å²) in [7, 11) is 0. The highest BCUT2D eigenvalue weighted by Crippen LogP contribution is 2.20. The standard InChI is InChI=1S/C9H9BrFNO3/c10-5-1-6(11)3-7(2-5)15-4-8(12)9(13)14/h1-3,8H,4,12H2,(H,13,14)/t8-/m0/s1. The molecule has 0 bridgehead atoms. The highest BCUT2D eigenvalue weighted by Gasteiger charge is 2.12. The fourth-order valence-electron chi connectivity index (χ4n) is 0.869. The normalized spacial score (nSPS) is 12.2. The van der Waals surface area contributed by atoms with Crippen LogP contribution in [0.15, 0.2) is 22.7 Å². The summed E-state index contributed by atoms with van der Waals surface area (Å²) in [6.07, 6.45) is 0.